The average Bonchev–Trinajstić information content (AvgIpc) is 2.91. The summed E-state index contributed by atoms with van der Waals surface area (Å²) in [7, 11) is -1.75. The molecule has 0 unspecified atom stereocenters. The standard InChI is InChI=1S/C14H22N2O3S/c1-19-14-8-6-12(7-9-14)10-11-15-20(17,18)16-13-4-2-3-5-13/h6-9,13,15-16H,2-5,10-11H2,1H3. The largest absolute Gasteiger partial charge is 0.497 e. The lowest BCUT2D eigenvalue weighted by Crippen LogP contribution is -2.42. The van der Waals surface area contributed by atoms with Gasteiger partial charge in [0.25, 0.3) is 10.2 Å². The maximum Gasteiger partial charge on any atom is 0.277 e. The van der Waals surface area contributed by atoms with Crippen LogP contribution in [0.25, 0.3) is 0 Å². The molecule has 2 N–H and O–H groups in total. The third kappa shape index (κ3) is 4.77. The molecular formula is C14H22N2O3S. The van der Waals surface area contributed by atoms with Crippen molar-refractivity contribution < 1.29 is 13.2 Å². The Morgan fingerprint density at radius 3 is 2.45 bits per heavy atom. The van der Waals surface area contributed by atoms with Crippen LogP contribution in [0.4, 0.5) is 0 Å². The minimum Gasteiger partial charge on any atom is -0.497 e. The monoisotopic (exact) mass is 298 g/mol. The van der Waals surface area contributed by atoms with Crippen LogP contribution in [0.3, 0.4) is 0 Å². The van der Waals surface area contributed by atoms with Crippen molar-refractivity contribution in [1.82, 2.24) is 9.44 Å². The van der Waals surface area contributed by atoms with Crippen LogP contribution in [0.1, 0.15) is 31.2 Å². The molecule has 0 aromatic heterocycles. The van der Waals surface area contributed by atoms with Crippen LogP contribution in [0.5, 0.6) is 5.75 Å². The molecule has 1 aromatic rings. The van der Waals surface area contributed by atoms with Crippen LogP contribution in [0.15, 0.2) is 24.3 Å². The van der Waals surface area contributed by atoms with Crippen molar-refractivity contribution in [3.05, 3.63) is 29.8 Å². The Morgan fingerprint density at radius 1 is 1.20 bits per heavy atom. The van der Waals surface area contributed by atoms with Crippen molar-refractivity contribution in [1.29, 1.82) is 0 Å². The molecule has 2 rings (SSSR count). The normalized spacial score (nSPS) is 16.4. The van der Waals surface area contributed by atoms with E-state index >= 15 is 0 Å². The number of ether oxygens (including phenoxy) is 1. The van der Waals surface area contributed by atoms with E-state index in [1.807, 2.05) is 24.3 Å². The van der Waals surface area contributed by atoms with Crippen LogP contribution in [0, 0.1) is 0 Å². The predicted octanol–water partition coefficient (Wildman–Crippen LogP) is 1.60. The zero-order valence-electron chi connectivity index (χ0n) is 11.8. The summed E-state index contributed by atoms with van der Waals surface area (Å²) < 4.78 is 34.0. The van der Waals surface area contributed by atoms with Crippen molar-refractivity contribution in [3.63, 3.8) is 0 Å². The number of rotatable bonds is 7. The summed E-state index contributed by atoms with van der Waals surface area (Å²) in [6.07, 6.45) is 4.77. The van der Waals surface area contributed by atoms with Gasteiger partial charge in [0.05, 0.1) is 7.11 Å². The van der Waals surface area contributed by atoms with Gasteiger partial charge in [0, 0.05) is 12.6 Å². The summed E-state index contributed by atoms with van der Waals surface area (Å²) in [4.78, 5) is 0. The quantitative estimate of drug-likeness (QED) is 0.803. The van der Waals surface area contributed by atoms with Crippen molar-refractivity contribution in [2.24, 2.45) is 0 Å². The third-order valence-electron chi connectivity index (χ3n) is 3.54. The van der Waals surface area contributed by atoms with Gasteiger partial charge in [-0.25, -0.2) is 4.72 Å². The van der Waals surface area contributed by atoms with Gasteiger partial charge in [-0.1, -0.05) is 25.0 Å². The highest BCUT2D eigenvalue weighted by Gasteiger charge is 2.20. The van der Waals surface area contributed by atoms with Gasteiger partial charge in [0.2, 0.25) is 0 Å². The lowest BCUT2D eigenvalue weighted by atomic mass is 10.1. The van der Waals surface area contributed by atoms with Crippen molar-refractivity contribution in [2.75, 3.05) is 13.7 Å². The zero-order valence-corrected chi connectivity index (χ0v) is 12.6. The summed E-state index contributed by atoms with van der Waals surface area (Å²) in [5.41, 5.74) is 1.08. The van der Waals surface area contributed by atoms with E-state index in [0.717, 1.165) is 37.0 Å². The number of benzene rings is 1. The molecule has 0 bridgehead atoms. The Balaban J connectivity index is 1.76. The SMILES string of the molecule is COc1ccc(CCNS(=O)(=O)NC2CCCC2)cc1. The fourth-order valence-corrected chi connectivity index (χ4v) is 3.56. The third-order valence-corrected chi connectivity index (χ3v) is 4.77. The molecule has 112 valence electrons. The first-order chi connectivity index (χ1) is 9.59. The molecule has 0 aliphatic heterocycles. The van der Waals surface area contributed by atoms with Gasteiger partial charge in [-0.2, -0.15) is 13.1 Å². The topological polar surface area (TPSA) is 67.4 Å². The van der Waals surface area contributed by atoms with E-state index in [0.29, 0.717) is 13.0 Å². The van der Waals surface area contributed by atoms with Crippen LogP contribution in [-0.4, -0.2) is 28.1 Å². The Morgan fingerprint density at radius 2 is 1.85 bits per heavy atom. The van der Waals surface area contributed by atoms with Crippen molar-refractivity contribution >= 4 is 10.2 Å². The molecule has 0 heterocycles. The molecule has 1 fully saturated rings. The summed E-state index contributed by atoms with van der Waals surface area (Å²) in [5, 5.41) is 0. The molecule has 1 aliphatic carbocycles. The Labute approximate surface area is 120 Å². The molecule has 0 amide bonds. The molecule has 5 nitrogen and oxygen atoms in total. The molecule has 0 atom stereocenters. The molecule has 1 saturated carbocycles. The fraction of sp³-hybridized carbons (Fsp3) is 0.571. The summed E-state index contributed by atoms with van der Waals surface area (Å²) in [6, 6.07) is 7.74. The van der Waals surface area contributed by atoms with Crippen LogP contribution in [0.2, 0.25) is 0 Å². The van der Waals surface area contributed by atoms with Gasteiger partial charge in [-0.15, -0.1) is 0 Å². The van der Waals surface area contributed by atoms with Crippen molar-refractivity contribution in [3.8, 4) is 5.75 Å². The van der Waals surface area contributed by atoms with Gasteiger partial charge >= 0.3 is 0 Å². The van der Waals surface area contributed by atoms with E-state index in [-0.39, 0.29) is 6.04 Å². The van der Waals surface area contributed by atoms with Gasteiger partial charge in [0.1, 0.15) is 5.75 Å². The highest BCUT2D eigenvalue weighted by atomic mass is 32.2. The lowest BCUT2D eigenvalue weighted by Gasteiger charge is -2.13. The smallest absolute Gasteiger partial charge is 0.277 e. The zero-order chi connectivity index (χ0) is 14.4. The number of hydrogen-bond acceptors (Lipinski definition) is 3. The molecule has 0 spiro atoms. The van der Waals surface area contributed by atoms with E-state index in [1.165, 1.54) is 0 Å². The van der Waals surface area contributed by atoms with Crippen LogP contribution in [-0.2, 0) is 16.6 Å². The van der Waals surface area contributed by atoms with E-state index in [4.69, 9.17) is 4.74 Å². The second-order valence-electron chi connectivity index (χ2n) is 5.10. The summed E-state index contributed by atoms with van der Waals surface area (Å²) in [5.74, 6) is 0.803. The Kier molecular flexibility index (Phi) is 5.39. The minimum absolute atomic E-state index is 0.105. The first-order valence-corrected chi connectivity index (χ1v) is 8.47. The molecule has 6 heteroatoms. The van der Waals surface area contributed by atoms with Gasteiger partial charge in [0.15, 0.2) is 0 Å². The van der Waals surface area contributed by atoms with Crippen LogP contribution < -0.4 is 14.2 Å². The van der Waals surface area contributed by atoms with Crippen molar-refractivity contribution in [2.45, 2.75) is 38.1 Å². The second kappa shape index (κ2) is 7.06. The predicted molar refractivity (Wildman–Crippen MR) is 79.0 cm³/mol. The number of methoxy groups -OCH3 is 1. The second-order valence-corrected chi connectivity index (χ2v) is 6.63. The first kappa shape index (κ1) is 15.3. The molecule has 0 saturated heterocycles. The van der Waals surface area contributed by atoms with E-state index in [9.17, 15) is 8.42 Å². The molecule has 20 heavy (non-hydrogen) atoms. The molecule has 1 aliphatic rings. The first-order valence-electron chi connectivity index (χ1n) is 6.99. The Hall–Kier alpha value is -1.11. The fourth-order valence-electron chi connectivity index (χ4n) is 2.43. The van der Waals surface area contributed by atoms with E-state index in [2.05, 4.69) is 9.44 Å². The maximum absolute atomic E-state index is 11.8. The minimum atomic E-state index is -3.37. The average molecular weight is 298 g/mol. The van der Waals surface area contributed by atoms with E-state index < -0.39 is 10.2 Å². The number of hydrogen-bond donors (Lipinski definition) is 2. The maximum atomic E-state index is 11.8. The molecule has 0 radical (unpaired) electrons. The lowest BCUT2D eigenvalue weighted by molar-refractivity contribution is 0.414. The summed E-state index contributed by atoms with van der Waals surface area (Å²) >= 11 is 0. The van der Waals surface area contributed by atoms with Gasteiger partial charge in [-0.05, 0) is 37.0 Å². The highest BCUT2D eigenvalue weighted by molar-refractivity contribution is 7.87. The molecule has 1 aromatic carbocycles. The Bertz CT molecular complexity index is 508. The van der Waals surface area contributed by atoms with Gasteiger partial charge in [-0.3, -0.25) is 0 Å². The summed E-state index contributed by atoms with van der Waals surface area (Å²) in [6.45, 7) is 0.397. The highest BCUT2D eigenvalue weighted by Crippen LogP contribution is 2.18. The van der Waals surface area contributed by atoms with Gasteiger partial charge < -0.3 is 4.74 Å². The van der Waals surface area contributed by atoms with E-state index in [1.54, 1.807) is 7.11 Å². The number of nitrogens with one attached hydrogen (secondary N) is 2. The van der Waals surface area contributed by atoms with Crippen LogP contribution >= 0.6 is 0 Å². The molecular weight excluding hydrogens is 276 g/mol.